The van der Waals surface area contributed by atoms with E-state index in [0.29, 0.717) is 18.4 Å². The Kier molecular flexibility index (Phi) is 6.07. The first-order valence-corrected chi connectivity index (χ1v) is 13.8. The summed E-state index contributed by atoms with van der Waals surface area (Å²) in [5, 5.41) is 1.40. The molecular formula is C26H32N4O5S. The van der Waals surface area contributed by atoms with Gasteiger partial charge in [0.05, 0.1) is 29.4 Å². The van der Waals surface area contributed by atoms with Crippen molar-refractivity contribution in [3.8, 4) is 0 Å². The molecule has 0 N–H and O–H groups in total. The molecule has 2 aliphatic heterocycles. The van der Waals surface area contributed by atoms with Gasteiger partial charge in [0.2, 0.25) is 27.7 Å². The van der Waals surface area contributed by atoms with E-state index in [0.717, 1.165) is 28.2 Å². The third kappa shape index (κ3) is 3.87. The van der Waals surface area contributed by atoms with E-state index in [2.05, 4.69) is 0 Å². The SMILES string of the molecule is C[C@H]1C(=O)N(C(=O)C2CC2)[C@@H]2CCN(C(=O)CN(C)S(=O)(=O)c3cccc4c(N(C)C)cccc34)[C@H]21. The van der Waals surface area contributed by atoms with Crippen molar-refractivity contribution in [2.75, 3.05) is 39.1 Å². The molecule has 10 heteroatoms. The van der Waals surface area contributed by atoms with E-state index in [9.17, 15) is 22.8 Å². The summed E-state index contributed by atoms with van der Waals surface area (Å²) in [6, 6.07) is 9.93. The number of likely N-dealkylation sites (tertiary alicyclic amines) is 2. The Balaban J connectivity index is 1.37. The summed E-state index contributed by atoms with van der Waals surface area (Å²) in [4.78, 5) is 44.0. The quantitative estimate of drug-likeness (QED) is 0.549. The van der Waals surface area contributed by atoms with Crippen molar-refractivity contribution in [2.24, 2.45) is 11.8 Å². The normalized spacial score (nSPS) is 24.0. The molecule has 5 rings (SSSR count). The second kappa shape index (κ2) is 8.85. The van der Waals surface area contributed by atoms with E-state index < -0.39 is 22.0 Å². The number of anilines is 1. The first-order valence-electron chi connectivity index (χ1n) is 12.4. The fourth-order valence-corrected chi connectivity index (χ4v) is 7.04. The molecule has 2 aromatic rings. The van der Waals surface area contributed by atoms with Crippen LogP contribution in [0, 0.1) is 11.8 Å². The van der Waals surface area contributed by atoms with Crippen LogP contribution >= 0.6 is 0 Å². The number of amides is 3. The van der Waals surface area contributed by atoms with Gasteiger partial charge in [0.1, 0.15) is 0 Å². The second-order valence-corrected chi connectivity index (χ2v) is 12.3. The van der Waals surface area contributed by atoms with Crippen LogP contribution in [0.15, 0.2) is 41.3 Å². The lowest BCUT2D eigenvalue weighted by Gasteiger charge is -2.28. The number of hydrogen-bond donors (Lipinski definition) is 0. The predicted octanol–water partition coefficient (Wildman–Crippen LogP) is 1.91. The number of rotatable bonds is 6. The molecule has 0 unspecified atom stereocenters. The summed E-state index contributed by atoms with van der Waals surface area (Å²) < 4.78 is 28.2. The van der Waals surface area contributed by atoms with E-state index in [1.54, 1.807) is 30.0 Å². The number of benzene rings is 2. The number of sulfonamides is 1. The monoisotopic (exact) mass is 512 g/mol. The number of imide groups is 1. The molecule has 3 fully saturated rings. The molecular weight excluding hydrogens is 480 g/mol. The molecule has 2 heterocycles. The van der Waals surface area contributed by atoms with E-state index in [4.69, 9.17) is 0 Å². The molecule has 9 nitrogen and oxygen atoms in total. The van der Waals surface area contributed by atoms with Gasteiger partial charge in [0, 0.05) is 50.1 Å². The van der Waals surface area contributed by atoms with E-state index in [1.807, 2.05) is 37.2 Å². The zero-order chi connectivity index (χ0) is 25.9. The van der Waals surface area contributed by atoms with Crippen molar-refractivity contribution in [3.05, 3.63) is 36.4 Å². The summed E-state index contributed by atoms with van der Waals surface area (Å²) in [5.41, 5.74) is 0.900. The lowest BCUT2D eigenvalue weighted by atomic mass is 10.0. The highest BCUT2D eigenvalue weighted by atomic mass is 32.2. The summed E-state index contributed by atoms with van der Waals surface area (Å²) in [6.45, 7) is 1.81. The van der Waals surface area contributed by atoms with Crippen LogP contribution in [0.2, 0.25) is 0 Å². The smallest absolute Gasteiger partial charge is 0.243 e. The minimum absolute atomic E-state index is 0.0744. The van der Waals surface area contributed by atoms with Crippen LogP contribution < -0.4 is 4.90 Å². The zero-order valence-corrected chi connectivity index (χ0v) is 21.9. The topological polar surface area (TPSA) is 98.3 Å². The molecule has 1 aliphatic carbocycles. The summed E-state index contributed by atoms with van der Waals surface area (Å²) in [5.74, 6) is -1.28. The summed E-state index contributed by atoms with van der Waals surface area (Å²) in [7, 11) is 1.24. The summed E-state index contributed by atoms with van der Waals surface area (Å²) >= 11 is 0. The lowest BCUT2D eigenvalue weighted by Crippen LogP contribution is -2.47. The van der Waals surface area contributed by atoms with Crippen LogP contribution in [-0.2, 0) is 24.4 Å². The number of likely N-dealkylation sites (N-methyl/N-ethyl adjacent to an activating group) is 1. The van der Waals surface area contributed by atoms with Crippen molar-refractivity contribution in [3.63, 3.8) is 0 Å². The Morgan fingerprint density at radius 1 is 1.00 bits per heavy atom. The standard InChI is InChI=1S/C26H32N4O5S/c1-16-24-21(30(25(16)32)26(33)17-11-12-17)13-14-29(24)23(31)15-28(4)36(34,35)22-10-6-7-18-19(22)8-5-9-20(18)27(2)3/h5-10,16-17,21,24H,11-15H2,1-4H3/t16-,21-,24+/m1/s1. The first kappa shape index (κ1) is 24.7. The molecule has 3 atom stereocenters. The average molecular weight is 513 g/mol. The average Bonchev–Trinajstić information content (AvgIpc) is 3.56. The highest BCUT2D eigenvalue weighted by molar-refractivity contribution is 7.89. The van der Waals surface area contributed by atoms with Crippen LogP contribution in [0.1, 0.15) is 26.2 Å². The third-order valence-corrected chi connectivity index (χ3v) is 9.62. The Bertz CT molecular complexity index is 1350. The maximum Gasteiger partial charge on any atom is 0.243 e. The maximum atomic E-state index is 13.6. The second-order valence-electron chi connectivity index (χ2n) is 10.3. The van der Waals surface area contributed by atoms with E-state index >= 15 is 0 Å². The van der Waals surface area contributed by atoms with Gasteiger partial charge in [-0.05, 0) is 31.4 Å². The number of fused-ring (bicyclic) bond motifs is 2. The molecule has 3 aliphatic rings. The van der Waals surface area contributed by atoms with Crippen molar-refractivity contribution < 1.29 is 22.8 Å². The Labute approximate surface area is 211 Å². The number of hydrogen-bond acceptors (Lipinski definition) is 6. The molecule has 0 aromatic heterocycles. The van der Waals surface area contributed by atoms with E-state index in [1.165, 1.54) is 11.9 Å². The fraction of sp³-hybridized carbons (Fsp3) is 0.500. The summed E-state index contributed by atoms with van der Waals surface area (Å²) in [6.07, 6.45) is 2.14. The minimum atomic E-state index is -3.97. The molecule has 2 aromatic carbocycles. The molecule has 36 heavy (non-hydrogen) atoms. The molecule has 0 spiro atoms. The van der Waals surface area contributed by atoms with Gasteiger partial charge in [0.15, 0.2) is 0 Å². The number of carbonyl (C=O) groups is 3. The van der Waals surface area contributed by atoms with Gasteiger partial charge in [-0.1, -0.05) is 31.2 Å². The van der Waals surface area contributed by atoms with Crippen LogP contribution in [-0.4, -0.2) is 86.6 Å². The fourth-order valence-electron chi connectivity index (χ4n) is 5.72. The minimum Gasteiger partial charge on any atom is -0.377 e. The van der Waals surface area contributed by atoms with Crippen molar-refractivity contribution in [2.45, 2.75) is 43.2 Å². The highest BCUT2D eigenvalue weighted by Crippen LogP contribution is 2.41. The first-order chi connectivity index (χ1) is 17.0. The molecule has 1 saturated carbocycles. The van der Waals surface area contributed by atoms with Gasteiger partial charge in [-0.3, -0.25) is 19.3 Å². The molecule has 192 valence electrons. The van der Waals surface area contributed by atoms with Gasteiger partial charge < -0.3 is 9.80 Å². The van der Waals surface area contributed by atoms with Crippen molar-refractivity contribution in [1.29, 1.82) is 0 Å². The molecule has 0 radical (unpaired) electrons. The highest BCUT2D eigenvalue weighted by Gasteiger charge is 2.56. The Hall–Kier alpha value is -2.98. The van der Waals surface area contributed by atoms with Crippen molar-refractivity contribution in [1.82, 2.24) is 14.1 Å². The van der Waals surface area contributed by atoms with Gasteiger partial charge in [0.25, 0.3) is 0 Å². The van der Waals surface area contributed by atoms with Gasteiger partial charge in [-0.15, -0.1) is 0 Å². The van der Waals surface area contributed by atoms with Crippen LogP contribution in [0.4, 0.5) is 5.69 Å². The van der Waals surface area contributed by atoms with Crippen molar-refractivity contribution >= 4 is 44.2 Å². The largest absolute Gasteiger partial charge is 0.377 e. The molecule has 3 amide bonds. The lowest BCUT2D eigenvalue weighted by molar-refractivity contribution is -0.146. The Morgan fingerprint density at radius 2 is 1.67 bits per heavy atom. The van der Waals surface area contributed by atoms with E-state index in [-0.39, 0.29) is 41.1 Å². The van der Waals surface area contributed by atoms with Crippen LogP contribution in [0.5, 0.6) is 0 Å². The van der Waals surface area contributed by atoms with Gasteiger partial charge in [-0.2, -0.15) is 4.31 Å². The predicted molar refractivity (Wildman–Crippen MR) is 136 cm³/mol. The van der Waals surface area contributed by atoms with Crippen LogP contribution in [0.3, 0.4) is 0 Å². The third-order valence-electron chi connectivity index (χ3n) is 7.76. The number of carbonyl (C=O) groups excluding carboxylic acids is 3. The van der Waals surface area contributed by atoms with Gasteiger partial charge >= 0.3 is 0 Å². The zero-order valence-electron chi connectivity index (χ0n) is 21.0. The maximum absolute atomic E-state index is 13.6. The Morgan fingerprint density at radius 3 is 2.33 bits per heavy atom. The van der Waals surface area contributed by atoms with Gasteiger partial charge in [-0.25, -0.2) is 8.42 Å². The molecule has 2 saturated heterocycles. The number of nitrogens with zero attached hydrogens (tertiary/aromatic N) is 4. The molecule has 0 bridgehead atoms. The van der Waals surface area contributed by atoms with Crippen LogP contribution in [0.25, 0.3) is 10.8 Å².